The SMILES string of the molecule is CC1CN=C(C(=O)Nc2ccc(Cl)cc2Cl)N1. The molecule has 1 amide bonds. The lowest BCUT2D eigenvalue weighted by Crippen LogP contribution is -2.36. The highest BCUT2D eigenvalue weighted by molar-refractivity contribution is 6.44. The van der Waals surface area contributed by atoms with Crippen molar-refractivity contribution >= 4 is 40.6 Å². The van der Waals surface area contributed by atoms with Gasteiger partial charge in [-0.1, -0.05) is 23.2 Å². The van der Waals surface area contributed by atoms with E-state index in [9.17, 15) is 4.79 Å². The standard InChI is InChI=1S/C11H11Cl2N3O/c1-6-5-14-10(15-6)11(17)16-9-3-2-7(12)4-8(9)13/h2-4,6H,5H2,1H3,(H,14,15)(H,16,17). The van der Waals surface area contributed by atoms with Gasteiger partial charge >= 0.3 is 0 Å². The molecule has 1 unspecified atom stereocenters. The molecule has 2 N–H and O–H groups in total. The number of hydrogen-bond donors (Lipinski definition) is 2. The molecule has 2 rings (SSSR count). The van der Waals surface area contributed by atoms with Gasteiger partial charge in [-0.15, -0.1) is 0 Å². The van der Waals surface area contributed by atoms with Crippen LogP contribution in [0.15, 0.2) is 23.2 Å². The summed E-state index contributed by atoms with van der Waals surface area (Å²) in [7, 11) is 0. The molecular weight excluding hydrogens is 261 g/mol. The minimum atomic E-state index is -0.293. The molecule has 1 aliphatic rings. The van der Waals surface area contributed by atoms with Crippen LogP contribution >= 0.6 is 23.2 Å². The number of carbonyl (C=O) groups is 1. The third-order valence-electron chi connectivity index (χ3n) is 2.30. The fraction of sp³-hybridized carbons (Fsp3) is 0.273. The van der Waals surface area contributed by atoms with E-state index in [0.29, 0.717) is 28.1 Å². The molecule has 0 fully saturated rings. The molecule has 0 aliphatic carbocycles. The highest BCUT2D eigenvalue weighted by Crippen LogP contribution is 2.25. The van der Waals surface area contributed by atoms with Gasteiger partial charge in [0.1, 0.15) is 0 Å². The van der Waals surface area contributed by atoms with Crippen molar-refractivity contribution in [3.05, 3.63) is 28.2 Å². The van der Waals surface area contributed by atoms with Gasteiger partial charge in [0, 0.05) is 11.1 Å². The number of amides is 1. The maximum Gasteiger partial charge on any atom is 0.290 e. The Labute approximate surface area is 109 Å². The van der Waals surface area contributed by atoms with Gasteiger partial charge < -0.3 is 10.6 Å². The van der Waals surface area contributed by atoms with E-state index in [2.05, 4.69) is 15.6 Å². The monoisotopic (exact) mass is 271 g/mol. The summed E-state index contributed by atoms with van der Waals surface area (Å²) < 4.78 is 0. The molecule has 0 aromatic heterocycles. The molecule has 17 heavy (non-hydrogen) atoms. The average molecular weight is 272 g/mol. The Morgan fingerprint density at radius 2 is 2.29 bits per heavy atom. The Morgan fingerprint density at radius 1 is 1.53 bits per heavy atom. The van der Waals surface area contributed by atoms with Crippen LogP contribution < -0.4 is 10.6 Å². The van der Waals surface area contributed by atoms with Gasteiger partial charge in [-0.3, -0.25) is 9.79 Å². The summed E-state index contributed by atoms with van der Waals surface area (Å²) >= 11 is 11.7. The molecule has 0 saturated carbocycles. The van der Waals surface area contributed by atoms with Crippen molar-refractivity contribution in [1.82, 2.24) is 5.32 Å². The Morgan fingerprint density at radius 3 is 2.88 bits per heavy atom. The average Bonchev–Trinajstić information content (AvgIpc) is 2.69. The molecule has 1 heterocycles. The maximum absolute atomic E-state index is 11.8. The van der Waals surface area contributed by atoms with Crippen LogP contribution in [-0.4, -0.2) is 24.3 Å². The summed E-state index contributed by atoms with van der Waals surface area (Å²) in [6.07, 6.45) is 0. The normalized spacial score (nSPS) is 18.5. The number of rotatable bonds is 2. The van der Waals surface area contributed by atoms with Crippen LogP contribution in [0.2, 0.25) is 10.0 Å². The quantitative estimate of drug-likeness (QED) is 0.868. The molecule has 1 aliphatic heterocycles. The van der Waals surface area contributed by atoms with Gasteiger partial charge in [-0.25, -0.2) is 0 Å². The van der Waals surface area contributed by atoms with Gasteiger partial charge in [0.15, 0.2) is 5.84 Å². The molecule has 1 aromatic rings. The molecule has 0 bridgehead atoms. The van der Waals surface area contributed by atoms with Crippen molar-refractivity contribution in [3.8, 4) is 0 Å². The first-order chi connectivity index (χ1) is 8.06. The van der Waals surface area contributed by atoms with Crippen molar-refractivity contribution < 1.29 is 4.79 Å². The van der Waals surface area contributed by atoms with E-state index in [1.165, 1.54) is 0 Å². The number of aliphatic imine (C=N–C) groups is 1. The summed E-state index contributed by atoms with van der Waals surface area (Å²) in [4.78, 5) is 15.9. The van der Waals surface area contributed by atoms with Crippen LogP contribution in [0, 0.1) is 0 Å². The van der Waals surface area contributed by atoms with E-state index in [1.54, 1.807) is 18.2 Å². The smallest absolute Gasteiger partial charge is 0.290 e. The number of anilines is 1. The molecule has 6 heteroatoms. The summed E-state index contributed by atoms with van der Waals surface area (Å²) in [5, 5.41) is 6.58. The van der Waals surface area contributed by atoms with Crippen LogP contribution in [0.4, 0.5) is 5.69 Å². The fourth-order valence-electron chi connectivity index (χ4n) is 1.46. The van der Waals surface area contributed by atoms with Gasteiger partial charge in [0.25, 0.3) is 5.91 Å². The van der Waals surface area contributed by atoms with Crippen molar-refractivity contribution in [3.63, 3.8) is 0 Å². The maximum atomic E-state index is 11.8. The van der Waals surface area contributed by atoms with E-state index in [-0.39, 0.29) is 11.9 Å². The second-order valence-corrected chi connectivity index (χ2v) is 4.66. The lowest BCUT2D eigenvalue weighted by atomic mass is 10.3. The Kier molecular flexibility index (Phi) is 3.54. The van der Waals surface area contributed by atoms with Crippen molar-refractivity contribution in [2.45, 2.75) is 13.0 Å². The van der Waals surface area contributed by atoms with Crippen LogP contribution in [0.5, 0.6) is 0 Å². The molecule has 0 radical (unpaired) electrons. The number of hydrogen-bond acceptors (Lipinski definition) is 3. The van der Waals surface area contributed by atoms with Crippen LogP contribution in [-0.2, 0) is 4.79 Å². The van der Waals surface area contributed by atoms with E-state index < -0.39 is 0 Å². The third-order valence-corrected chi connectivity index (χ3v) is 2.85. The number of carbonyl (C=O) groups excluding carboxylic acids is 1. The van der Waals surface area contributed by atoms with Gasteiger partial charge in [-0.05, 0) is 25.1 Å². The number of nitrogens with zero attached hydrogens (tertiary/aromatic N) is 1. The Hall–Kier alpha value is -1.26. The van der Waals surface area contributed by atoms with Gasteiger partial charge in [0.2, 0.25) is 0 Å². The topological polar surface area (TPSA) is 53.5 Å². The van der Waals surface area contributed by atoms with E-state index >= 15 is 0 Å². The lowest BCUT2D eigenvalue weighted by Gasteiger charge is -2.08. The predicted molar refractivity (Wildman–Crippen MR) is 70.0 cm³/mol. The zero-order valence-electron chi connectivity index (χ0n) is 9.13. The van der Waals surface area contributed by atoms with Crippen molar-refractivity contribution in [2.75, 3.05) is 11.9 Å². The minimum Gasteiger partial charge on any atom is -0.361 e. The highest BCUT2D eigenvalue weighted by atomic mass is 35.5. The second kappa shape index (κ2) is 4.94. The van der Waals surface area contributed by atoms with E-state index in [0.717, 1.165) is 0 Å². The zero-order chi connectivity index (χ0) is 12.4. The fourth-order valence-corrected chi connectivity index (χ4v) is 1.92. The predicted octanol–water partition coefficient (Wildman–Crippen LogP) is 2.32. The van der Waals surface area contributed by atoms with Gasteiger partial charge in [-0.2, -0.15) is 0 Å². The summed E-state index contributed by atoms with van der Waals surface area (Å²) in [6.45, 7) is 2.57. The lowest BCUT2D eigenvalue weighted by molar-refractivity contribution is -0.110. The molecule has 0 saturated heterocycles. The van der Waals surface area contributed by atoms with E-state index in [1.807, 2.05) is 6.92 Å². The van der Waals surface area contributed by atoms with Gasteiger partial charge in [0.05, 0.1) is 17.3 Å². The minimum absolute atomic E-state index is 0.191. The first-order valence-electron chi connectivity index (χ1n) is 5.13. The summed E-state index contributed by atoms with van der Waals surface area (Å²) in [5.74, 6) is 0.0436. The molecular formula is C11H11Cl2N3O. The van der Waals surface area contributed by atoms with E-state index in [4.69, 9.17) is 23.2 Å². The molecule has 0 spiro atoms. The summed E-state index contributed by atoms with van der Waals surface area (Å²) in [5.41, 5.74) is 0.519. The largest absolute Gasteiger partial charge is 0.361 e. The third kappa shape index (κ3) is 2.90. The second-order valence-electron chi connectivity index (χ2n) is 3.81. The Balaban J connectivity index is 2.08. The highest BCUT2D eigenvalue weighted by Gasteiger charge is 2.19. The molecule has 4 nitrogen and oxygen atoms in total. The first kappa shape index (κ1) is 12.2. The summed E-state index contributed by atoms with van der Waals surface area (Å²) in [6, 6.07) is 5.08. The van der Waals surface area contributed by atoms with Crippen molar-refractivity contribution in [2.24, 2.45) is 4.99 Å². The van der Waals surface area contributed by atoms with Crippen LogP contribution in [0.1, 0.15) is 6.92 Å². The molecule has 90 valence electrons. The number of halogens is 2. The first-order valence-corrected chi connectivity index (χ1v) is 5.89. The molecule has 1 atom stereocenters. The molecule has 1 aromatic carbocycles. The van der Waals surface area contributed by atoms with Crippen molar-refractivity contribution in [1.29, 1.82) is 0 Å². The number of benzene rings is 1. The number of amidine groups is 1. The van der Waals surface area contributed by atoms with Crippen LogP contribution in [0.25, 0.3) is 0 Å². The van der Waals surface area contributed by atoms with Crippen LogP contribution in [0.3, 0.4) is 0 Å². The number of nitrogens with one attached hydrogen (secondary N) is 2. The zero-order valence-corrected chi connectivity index (χ0v) is 10.6. The Bertz CT molecular complexity index is 488.